The largest absolute Gasteiger partial charge is 0.428 e. The first-order valence-electron chi connectivity index (χ1n) is 6.72. The average molecular weight is 257 g/mol. The van der Waals surface area contributed by atoms with Gasteiger partial charge in [-0.05, 0) is 19.3 Å². The molecular formula is C15H17N2O2+. The summed E-state index contributed by atoms with van der Waals surface area (Å²) in [6.07, 6.45) is 6.11. The summed E-state index contributed by atoms with van der Waals surface area (Å²) in [4.78, 5) is 12.2. The van der Waals surface area contributed by atoms with Crippen LogP contribution in [0.5, 0.6) is 0 Å². The summed E-state index contributed by atoms with van der Waals surface area (Å²) >= 11 is 0. The van der Waals surface area contributed by atoms with Gasteiger partial charge in [-0.2, -0.15) is 4.73 Å². The fraction of sp³-hybridized carbons (Fsp3) is 0.333. The quantitative estimate of drug-likeness (QED) is 0.485. The minimum Gasteiger partial charge on any atom is -0.428 e. The first-order chi connectivity index (χ1) is 9.27. The molecule has 0 saturated heterocycles. The first kappa shape index (κ1) is 12.0. The zero-order chi connectivity index (χ0) is 13.2. The van der Waals surface area contributed by atoms with Crippen molar-refractivity contribution in [3.8, 4) is 11.3 Å². The number of benzene rings is 1. The smallest absolute Gasteiger partial charge is 0.262 e. The van der Waals surface area contributed by atoms with Crippen LogP contribution in [0.3, 0.4) is 0 Å². The first-order valence-corrected chi connectivity index (χ1v) is 6.72. The summed E-state index contributed by atoms with van der Waals surface area (Å²) in [5.74, 6) is 0. The zero-order valence-corrected chi connectivity index (χ0v) is 10.7. The molecule has 0 aliphatic heterocycles. The van der Waals surface area contributed by atoms with Crippen LogP contribution >= 0.6 is 0 Å². The van der Waals surface area contributed by atoms with Crippen molar-refractivity contribution in [3.63, 3.8) is 0 Å². The van der Waals surface area contributed by atoms with Gasteiger partial charge in [0.25, 0.3) is 11.9 Å². The van der Waals surface area contributed by atoms with Gasteiger partial charge in [0.1, 0.15) is 5.69 Å². The second-order valence-corrected chi connectivity index (χ2v) is 4.97. The molecule has 2 aromatic rings. The van der Waals surface area contributed by atoms with E-state index in [4.69, 9.17) is 0 Å². The van der Waals surface area contributed by atoms with E-state index in [0.717, 1.165) is 47.8 Å². The van der Waals surface area contributed by atoms with Crippen LogP contribution in [0.25, 0.3) is 11.3 Å². The van der Waals surface area contributed by atoms with Crippen molar-refractivity contribution in [2.45, 2.75) is 32.1 Å². The van der Waals surface area contributed by atoms with Crippen LogP contribution in [-0.4, -0.2) is 9.94 Å². The Kier molecular flexibility index (Phi) is 3.07. The average Bonchev–Trinajstić information content (AvgIpc) is 2.70. The maximum absolute atomic E-state index is 12.2. The van der Waals surface area contributed by atoms with Crippen molar-refractivity contribution in [1.82, 2.24) is 4.73 Å². The van der Waals surface area contributed by atoms with Crippen molar-refractivity contribution in [2.24, 2.45) is 0 Å². The lowest BCUT2D eigenvalue weighted by atomic mass is 10.1. The third kappa shape index (κ3) is 2.14. The molecule has 0 spiro atoms. The summed E-state index contributed by atoms with van der Waals surface area (Å²) in [7, 11) is 0. The second-order valence-electron chi connectivity index (χ2n) is 4.97. The summed E-state index contributed by atoms with van der Waals surface area (Å²) in [5.41, 5.74) is 2.87. The summed E-state index contributed by atoms with van der Waals surface area (Å²) in [6, 6.07) is 9.50. The van der Waals surface area contributed by atoms with Gasteiger partial charge < -0.3 is 5.21 Å². The molecule has 4 heteroatoms. The Bertz CT molecular complexity index is 647. The van der Waals surface area contributed by atoms with Gasteiger partial charge in [-0.3, -0.25) is 0 Å². The molecule has 1 N–H and O–H groups in total. The fourth-order valence-corrected chi connectivity index (χ4v) is 2.71. The van der Waals surface area contributed by atoms with Crippen molar-refractivity contribution < 1.29 is 9.63 Å². The molecule has 0 atom stereocenters. The minimum atomic E-state index is 0.552. The second kappa shape index (κ2) is 4.88. The molecule has 0 unspecified atom stereocenters. The molecule has 98 valence electrons. The van der Waals surface area contributed by atoms with Crippen LogP contribution in [0.1, 0.15) is 30.7 Å². The Hall–Kier alpha value is -2.10. The van der Waals surface area contributed by atoms with Gasteiger partial charge in [0.15, 0.2) is 5.69 Å². The molecule has 19 heavy (non-hydrogen) atoms. The standard InChI is InChI=1S/C15H17N2O2/c18-16-11-15(12-7-3-1-4-8-12)17(19)14-10-6-2-5-9-13(14)16/h1,3-4,7-8,11,19H,2,5-6,9-10H2/q+1. The van der Waals surface area contributed by atoms with Crippen LogP contribution in [0.15, 0.2) is 36.5 Å². The lowest BCUT2D eigenvalue weighted by Gasteiger charge is -2.09. The molecule has 1 aromatic carbocycles. The fourth-order valence-electron chi connectivity index (χ4n) is 2.71. The molecule has 4 nitrogen and oxygen atoms in total. The molecule has 0 bridgehead atoms. The topological polar surface area (TPSA) is 48.1 Å². The molecule has 1 aliphatic rings. The van der Waals surface area contributed by atoms with E-state index in [9.17, 15) is 10.1 Å². The zero-order valence-electron chi connectivity index (χ0n) is 10.7. The highest BCUT2D eigenvalue weighted by atomic mass is 16.5. The van der Waals surface area contributed by atoms with E-state index in [1.807, 2.05) is 30.3 Å². The highest BCUT2D eigenvalue weighted by Crippen LogP contribution is 2.22. The highest BCUT2D eigenvalue weighted by molar-refractivity contribution is 5.57. The van der Waals surface area contributed by atoms with Gasteiger partial charge in [-0.1, -0.05) is 36.8 Å². The van der Waals surface area contributed by atoms with E-state index in [1.54, 1.807) is 0 Å². The van der Waals surface area contributed by atoms with Crippen molar-refractivity contribution in [1.29, 1.82) is 0 Å². The van der Waals surface area contributed by atoms with Gasteiger partial charge in [0.05, 0.1) is 4.43 Å². The van der Waals surface area contributed by atoms with Crippen molar-refractivity contribution >= 4 is 0 Å². The predicted molar refractivity (Wildman–Crippen MR) is 71.7 cm³/mol. The normalized spacial score (nSPS) is 14.7. The molecule has 1 aromatic heterocycles. The molecule has 3 rings (SSSR count). The van der Waals surface area contributed by atoms with Gasteiger partial charge in [-0.15, -0.1) is 0 Å². The maximum Gasteiger partial charge on any atom is 0.262 e. The Labute approximate surface area is 111 Å². The van der Waals surface area contributed by atoms with Gasteiger partial charge in [-0.25, -0.2) is 0 Å². The number of hydrogen-bond acceptors (Lipinski definition) is 2. The molecule has 0 fully saturated rings. The molecule has 1 aliphatic carbocycles. The molecule has 0 saturated carbocycles. The van der Waals surface area contributed by atoms with E-state index in [2.05, 4.69) is 0 Å². The van der Waals surface area contributed by atoms with E-state index in [0.29, 0.717) is 11.4 Å². The number of rotatable bonds is 1. The molecule has 0 amide bonds. The van der Waals surface area contributed by atoms with Crippen LogP contribution in [0.4, 0.5) is 0 Å². The Morgan fingerprint density at radius 3 is 2.58 bits per heavy atom. The van der Waals surface area contributed by atoms with Gasteiger partial charge >= 0.3 is 0 Å². The highest BCUT2D eigenvalue weighted by Gasteiger charge is 2.24. The third-order valence-corrected chi connectivity index (χ3v) is 3.72. The van der Waals surface area contributed by atoms with E-state index >= 15 is 0 Å². The van der Waals surface area contributed by atoms with Gasteiger partial charge in [0.2, 0.25) is 0 Å². The number of fused-ring (bicyclic) bond motifs is 1. The number of nitrogens with zero attached hydrogens (tertiary/aromatic N) is 2. The van der Waals surface area contributed by atoms with E-state index in [1.165, 1.54) is 10.9 Å². The number of hydrogen-bond donors (Lipinski definition) is 1. The van der Waals surface area contributed by atoms with Gasteiger partial charge in [0, 0.05) is 16.9 Å². The molecule has 1 heterocycles. The van der Waals surface area contributed by atoms with Crippen LogP contribution in [0.2, 0.25) is 0 Å². The third-order valence-electron chi connectivity index (χ3n) is 3.72. The van der Waals surface area contributed by atoms with Crippen LogP contribution in [0, 0.1) is 4.91 Å². The predicted octanol–water partition coefficient (Wildman–Crippen LogP) is 2.58. The maximum atomic E-state index is 12.2. The summed E-state index contributed by atoms with van der Waals surface area (Å²) < 4.78 is 2.13. The molecular weight excluding hydrogens is 240 g/mol. The summed E-state index contributed by atoms with van der Waals surface area (Å²) in [5, 5.41) is 10.4. The molecule has 0 radical (unpaired) electrons. The van der Waals surface area contributed by atoms with E-state index in [-0.39, 0.29) is 0 Å². The Morgan fingerprint density at radius 1 is 1.05 bits per heavy atom. The Balaban J connectivity index is 2.21. The number of aromatic nitrogens is 2. The van der Waals surface area contributed by atoms with Crippen molar-refractivity contribution in [2.75, 3.05) is 0 Å². The Morgan fingerprint density at radius 2 is 1.79 bits per heavy atom. The van der Waals surface area contributed by atoms with Crippen molar-refractivity contribution in [3.05, 3.63) is 52.8 Å². The van der Waals surface area contributed by atoms with Crippen LogP contribution < -0.4 is 4.43 Å². The lowest BCUT2D eigenvalue weighted by Crippen LogP contribution is -2.27. The minimum absolute atomic E-state index is 0.552. The van der Waals surface area contributed by atoms with E-state index < -0.39 is 0 Å². The SMILES string of the molecule is O=[n+]1cc(-c2ccccc2)n(O)c2c1CCCCC2. The monoisotopic (exact) mass is 257 g/mol. The van der Waals surface area contributed by atoms with Crippen LogP contribution in [-0.2, 0) is 12.8 Å². The lowest BCUT2D eigenvalue weighted by molar-refractivity contribution is -0.506. The summed E-state index contributed by atoms with van der Waals surface area (Å²) in [6.45, 7) is 0.